The van der Waals surface area contributed by atoms with Crippen LogP contribution < -0.4 is 20.3 Å². The largest absolute Gasteiger partial charge is 0.495 e. The summed E-state index contributed by atoms with van der Waals surface area (Å²) in [6.45, 7) is 6.08. The maximum atomic E-state index is 14.4. The van der Waals surface area contributed by atoms with Gasteiger partial charge in [0.05, 0.1) is 37.8 Å². The number of epoxide rings is 1. The molecule has 2 fully saturated rings. The molecule has 0 saturated carbocycles. The first-order valence-electron chi connectivity index (χ1n) is 27.5. The molecule has 25 nitrogen and oxygen atoms in total. The molecule has 4 aliphatic heterocycles. The maximum Gasteiger partial charge on any atom is 0.410 e. The number of allylic oxidation sites excluding steroid dienone is 4. The quantitative estimate of drug-likeness (QED) is 0.0616. The molecule has 2 unspecified atom stereocenters. The van der Waals surface area contributed by atoms with Gasteiger partial charge >= 0.3 is 24.2 Å². The maximum absolute atomic E-state index is 14.4. The Kier molecular flexibility index (Phi) is 22.7. The minimum absolute atomic E-state index is 0.00227. The van der Waals surface area contributed by atoms with E-state index in [0.29, 0.717) is 24.3 Å². The number of esters is 1. The summed E-state index contributed by atoms with van der Waals surface area (Å²) >= 11 is 6.82. The van der Waals surface area contributed by atoms with Crippen molar-refractivity contribution in [3.63, 3.8) is 0 Å². The third-order valence-electron chi connectivity index (χ3n) is 15.5. The number of aliphatic hydroxyl groups is 1. The number of amides is 8. The Morgan fingerprint density at radius 1 is 0.988 bits per heavy atom. The lowest BCUT2D eigenvalue weighted by Crippen LogP contribution is -2.63. The van der Waals surface area contributed by atoms with Crippen LogP contribution in [0.1, 0.15) is 78.2 Å². The van der Waals surface area contributed by atoms with E-state index in [2.05, 4.69) is 10.6 Å². The molecule has 0 spiro atoms. The number of carbonyl (C=O) groups is 9. The number of benzene rings is 1. The summed E-state index contributed by atoms with van der Waals surface area (Å²) in [4.78, 5) is 124. The molecule has 0 radical (unpaired) electrons. The molecule has 1 aromatic carbocycles. The summed E-state index contributed by atoms with van der Waals surface area (Å²) in [6, 6.07) is 2.28. The number of methoxy groups -OCH3 is 2. The first-order valence-corrected chi connectivity index (χ1v) is 27.9. The van der Waals surface area contributed by atoms with Gasteiger partial charge in [-0.25, -0.2) is 19.2 Å². The van der Waals surface area contributed by atoms with Crippen LogP contribution in [0.15, 0.2) is 60.2 Å². The van der Waals surface area contributed by atoms with E-state index in [1.807, 2.05) is 19.1 Å². The van der Waals surface area contributed by atoms with Crippen LogP contribution in [0.4, 0.5) is 20.1 Å². The zero-order chi connectivity index (χ0) is 60.9. The Balaban J connectivity index is 1.03. The fourth-order valence-electron chi connectivity index (χ4n) is 10.0. The summed E-state index contributed by atoms with van der Waals surface area (Å²) in [7, 11) is 8.69. The molecule has 26 heteroatoms. The molecule has 6 rings (SSSR count). The van der Waals surface area contributed by atoms with Crippen LogP contribution in [0.3, 0.4) is 0 Å². The van der Waals surface area contributed by atoms with E-state index in [9.17, 15) is 48.3 Å². The highest BCUT2D eigenvalue weighted by molar-refractivity contribution is 6.35. The van der Waals surface area contributed by atoms with E-state index in [-0.39, 0.29) is 57.3 Å². The molecular weight excluding hydrogens is 1110 g/mol. The van der Waals surface area contributed by atoms with Crippen molar-refractivity contribution in [2.24, 2.45) is 5.92 Å². The molecule has 456 valence electrons. The van der Waals surface area contributed by atoms with E-state index in [0.717, 1.165) is 52.4 Å². The minimum Gasteiger partial charge on any atom is -0.495 e. The third kappa shape index (κ3) is 16.8. The number of nitrogens with one attached hydrogen (secondary N) is 2. The van der Waals surface area contributed by atoms with Crippen LogP contribution in [-0.2, 0) is 68.3 Å². The van der Waals surface area contributed by atoms with Crippen molar-refractivity contribution in [3.05, 3.63) is 70.8 Å². The van der Waals surface area contributed by atoms with Gasteiger partial charge in [-0.2, -0.15) is 0 Å². The molecule has 1 aliphatic carbocycles. The topological polar surface area (TPSA) is 291 Å². The summed E-state index contributed by atoms with van der Waals surface area (Å²) in [5, 5.41) is 17.2. The highest BCUT2D eigenvalue weighted by atomic mass is 35.5. The summed E-state index contributed by atoms with van der Waals surface area (Å²) in [5.74, 6) is -3.70. The Morgan fingerprint density at radius 3 is 2.37 bits per heavy atom. The van der Waals surface area contributed by atoms with Gasteiger partial charge in [-0.15, -0.1) is 0 Å². The van der Waals surface area contributed by atoms with Crippen LogP contribution in [0.2, 0.25) is 5.02 Å². The standard InChI is InChI=1S/C57H78ClN7O18/c1-34-16-15-19-43(77-10)57(75)32-42(80-53(72)60-57)35(2)51-56(4,83-51)44(31-49(70)64(8)38-29-37(28-34)30-41(76-9)50(38)58)82-52(71)36(3)63(7)46(67)22-27-78-54(73)61(5)25-26-62(6)55(74)81-40-18-14-12-11-13-17-39(40)79-33-45(66)59-23-24-65-47(68)20-21-48(65)69/h14-16,18-21,29-30,35-36,39-40,42-44,51,75H,11-13,17,22-28,31-33H2,1-10H3,(H,59,66)(H,60,72)/b18-14+,19-15+,34-16+/t35-,36+,39?,40?,42+,43-,44+,51+,56+,57+/m1/s1. The molecule has 8 amide bonds. The number of nitrogens with zero attached hydrogens (tertiary/aromatic N) is 5. The number of likely N-dealkylation sites (N-methyl/N-ethyl adjacent to an activating group) is 3. The van der Waals surface area contributed by atoms with Crippen molar-refractivity contribution in [1.29, 1.82) is 0 Å². The van der Waals surface area contributed by atoms with Gasteiger partial charge in [-0.05, 0) is 70.2 Å². The molecule has 83 heavy (non-hydrogen) atoms. The van der Waals surface area contributed by atoms with Gasteiger partial charge in [-0.3, -0.25) is 34.2 Å². The number of rotatable bonds is 18. The number of carbonyl (C=O) groups excluding carboxylic acids is 9. The lowest BCUT2D eigenvalue weighted by Gasteiger charge is -2.42. The van der Waals surface area contributed by atoms with Gasteiger partial charge in [0.1, 0.15) is 60.0 Å². The summed E-state index contributed by atoms with van der Waals surface area (Å²) < 4.78 is 46.5. The molecule has 1 aromatic rings. The predicted molar refractivity (Wildman–Crippen MR) is 299 cm³/mol. The fourth-order valence-corrected chi connectivity index (χ4v) is 10.3. The van der Waals surface area contributed by atoms with Crippen molar-refractivity contribution in [2.75, 3.05) is 86.7 Å². The van der Waals surface area contributed by atoms with Gasteiger partial charge in [0.2, 0.25) is 17.7 Å². The second kappa shape index (κ2) is 29.0. The number of halogens is 1. The smallest absolute Gasteiger partial charge is 0.410 e. The lowest BCUT2D eigenvalue weighted by molar-refractivity contribution is -0.162. The van der Waals surface area contributed by atoms with Gasteiger partial charge in [0, 0.05) is 86.0 Å². The van der Waals surface area contributed by atoms with Gasteiger partial charge in [-0.1, -0.05) is 54.8 Å². The minimum atomic E-state index is -1.90. The van der Waals surface area contributed by atoms with Crippen LogP contribution in [-0.4, -0.2) is 214 Å². The molecule has 5 aliphatic rings. The molecular formula is C57H78ClN7O18. The number of alkyl carbamates (subject to hydrolysis) is 1. The zero-order valence-corrected chi connectivity index (χ0v) is 49.5. The summed E-state index contributed by atoms with van der Waals surface area (Å²) in [6.07, 6.45) is 5.58. The normalized spacial score (nSPS) is 28.1. The zero-order valence-electron chi connectivity index (χ0n) is 48.7. The molecule has 2 saturated heterocycles. The highest BCUT2D eigenvalue weighted by Crippen LogP contribution is 2.49. The van der Waals surface area contributed by atoms with Crippen LogP contribution in [0.5, 0.6) is 5.75 Å². The Hall–Kier alpha value is -7.06. The van der Waals surface area contributed by atoms with E-state index >= 15 is 0 Å². The van der Waals surface area contributed by atoms with Crippen molar-refractivity contribution < 1.29 is 86.2 Å². The monoisotopic (exact) mass is 1180 g/mol. The second-order valence-corrected chi connectivity index (χ2v) is 21.9. The van der Waals surface area contributed by atoms with Gasteiger partial charge < -0.3 is 67.9 Å². The SMILES string of the molecule is COc1cc2cc(c1Cl)N(C)C(=O)C[C@H](OC(=O)[C@H](C)N(C)C(=O)CCOC(=O)N(C)CCN(C)C(=O)OC1/C=C/CCCCC1OCC(=O)NCCN1C(=O)C=CC1=O)[C@]1(C)O[C@H]1[C@H](C)[C@@H]1C[C@@](O)(NC(=O)O1)[C@H](OC)/C=C/C=C(\C)C2. The first-order chi connectivity index (χ1) is 39.3. The average molecular weight is 1180 g/mol. The number of hydrogen-bond donors (Lipinski definition) is 3. The van der Waals surface area contributed by atoms with E-state index in [1.165, 1.54) is 64.0 Å². The number of imide groups is 1. The van der Waals surface area contributed by atoms with Crippen molar-refractivity contribution in [2.45, 2.75) is 133 Å². The number of fused-ring (bicyclic) bond motifs is 5. The molecule has 3 N–H and O–H groups in total. The van der Waals surface area contributed by atoms with Crippen LogP contribution >= 0.6 is 11.6 Å². The van der Waals surface area contributed by atoms with E-state index in [4.69, 9.17) is 49.5 Å². The van der Waals surface area contributed by atoms with Gasteiger partial charge in [0.25, 0.3) is 11.8 Å². The number of hydrogen-bond acceptors (Lipinski definition) is 18. The first kappa shape index (κ1) is 65.1. The molecule has 4 heterocycles. The fraction of sp³-hybridized carbons (Fsp3) is 0.596. The van der Waals surface area contributed by atoms with Crippen molar-refractivity contribution in [1.82, 2.24) is 30.2 Å². The van der Waals surface area contributed by atoms with Crippen molar-refractivity contribution >= 4 is 71.1 Å². The number of ether oxygens (including phenoxy) is 8. The summed E-state index contributed by atoms with van der Waals surface area (Å²) in [5.41, 5.74) is -1.30. The van der Waals surface area contributed by atoms with Gasteiger partial charge in [0.15, 0.2) is 5.72 Å². The molecule has 0 aromatic heterocycles. The van der Waals surface area contributed by atoms with E-state index in [1.54, 1.807) is 44.2 Å². The second-order valence-electron chi connectivity index (χ2n) is 21.5. The van der Waals surface area contributed by atoms with Crippen molar-refractivity contribution in [3.8, 4) is 5.75 Å². The molecule has 4 bridgehead atoms. The third-order valence-corrected chi connectivity index (χ3v) is 15.9. The van der Waals surface area contributed by atoms with Crippen LogP contribution in [0, 0.1) is 5.92 Å². The Labute approximate surface area is 488 Å². The Bertz CT molecular complexity index is 2700. The number of anilines is 1. The van der Waals surface area contributed by atoms with Crippen LogP contribution in [0.25, 0.3) is 0 Å². The Morgan fingerprint density at radius 2 is 1.69 bits per heavy atom. The average Bonchev–Trinajstić information content (AvgIpc) is 2.04. The highest BCUT2D eigenvalue weighted by Gasteiger charge is 2.64. The lowest BCUT2D eigenvalue weighted by atomic mass is 9.83. The predicted octanol–water partition coefficient (Wildman–Crippen LogP) is 3.97. The molecule has 10 atom stereocenters. The van der Waals surface area contributed by atoms with E-state index < -0.39 is 120 Å².